The average Bonchev–Trinajstić information content (AvgIpc) is 3.76. The highest BCUT2D eigenvalue weighted by molar-refractivity contribution is 5.97. The van der Waals surface area contributed by atoms with Gasteiger partial charge in [0, 0.05) is 43.5 Å². The molecule has 7 nitrogen and oxygen atoms in total. The molecule has 2 aliphatic rings. The van der Waals surface area contributed by atoms with Crippen LogP contribution in [0.3, 0.4) is 0 Å². The fourth-order valence-electron chi connectivity index (χ4n) is 5.81. The molecule has 0 aliphatic carbocycles. The van der Waals surface area contributed by atoms with Crippen molar-refractivity contribution in [3.05, 3.63) is 78.1 Å². The summed E-state index contributed by atoms with van der Waals surface area (Å²) in [5, 5.41) is 1.14. The SMILES string of the molecule is COc1cc(Cn2c(-c3ccc(OCCN4CCCC4)cc3)cc3ccncc32)ccc1C(=O)N1CCCC1. The monoisotopic (exact) mass is 524 g/mol. The van der Waals surface area contributed by atoms with E-state index in [1.807, 2.05) is 41.6 Å². The third kappa shape index (κ3) is 5.50. The van der Waals surface area contributed by atoms with Crippen LogP contribution in [-0.2, 0) is 6.54 Å². The summed E-state index contributed by atoms with van der Waals surface area (Å²) in [5.74, 6) is 1.57. The number of amides is 1. The molecule has 4 aromatic rings. The van der Waals surface area contributed by atoms with Gasteiger partial charge in [-0.1, -0.05) is 6.07 Å². The lowest BCUT2D eigenvalue weighted by molar-refractivity contribution is 0.0789. The molecular weight excluding hydrogens is 488 g/mol. The second-order valence-corrected chi connectivity index (χ2v) is 10.5. The van der Waals surface area contributed by atoms with Gasteiger partial charge in [-0.2, -0.15) is 0 Å². The average molecular weight is 525 g/mol. The second-order valence-electron chi connectivity index (χ2n) is 10.5. The molecule has 2 aliphatic heterocycles. The number of methoxy groups -OCH3 is 1. The van der Waals surface area contributed by atoms with Crippen molar-refractivity contribution >= 4 is 16.8 Å². The summed E-state index contributed by atoms with van der Waals surface area (Å²) < 4.78 is 14.0. The Bertz CT molecular complexity index is 1430. The fraction of sp³-hybridized carbons (Fsp3) is 0.375. The minimum absolute atomic E-state index is 0.0509. The van der Waals surface area contributed by atoms with Gasteiger partial charge in [0.25, 0.3) is 5.91 Å². The zero-order valence-corrected chi connectivity index (χ0v) is 22.6. The zero-order valence-electron chi connectivity index (χ0n) is 22.6. The van der Waals surface area contributed by atoms with Crippen LogP contribution in [0.5, 0.6) is 11.5 Å². The standard InChI is InChI=1S/C32H36N4O3/c1-38-31-20-24(6-11-28(31)32(37)35-16-4-5-17-35)23-36-29(21-26-12-13-33-22-30(26)36)25-7-9-27(10-8-25)39-19-18-34-14-2-3-15-34/h6-13,20-22H,2-5,14-19,23H2,1H3. The zero-order chi connectivity index (χ0) is 26.6. The van der Waals surface area contributed by atoms with Crippen LogP contribution in [-0.4, -0.2) is 71.7 Å². The molecule has 0 unspecified atom stereocenters. The van der Waals surface area contributed by atoms with Gasteiger partial charge in [-0.3, -0.25) is 14.7 Å². The van der Waals surface area contributed by atoms with E-state index < -0.39 is 0 Å². The number of ether oxygens (including phenoxy) is 2. The Labute approximate surface area is 230 Å². The van der Waals surface area contributed by atoms with E-state index in [4.69, 9.17) is 9.47 Å². The summed E-state index contributed by atoms with van der Waals surface area (Å²) >= 11 is 0. The van der Waals surface area contributed by atoms with Crippen molar-refractivity contribution in [2.75, 3.05) is 46.4 Å². The number of aromatic nitrogens is 2. The number of fused-ring (bicyclic) bond motifs is 1. The molecule has 0 spiro atoms. The van der Waals surface area contributed by atoms with Gasteiger partial charge in [0.2, 0.25) is 0 Å². The molecule has 6 rings (SSSR count). The maximum atomic E-state index is 13.0. The van der Waals surface area contributed by atoms with E-state index in [1.54, 1.807) is 7.11 Å². The first-order chi connectivity index (χ1) is 19.2. The third-order valence-corrected chi connectivity index (χ3v) is 7.96. The maximum absolute atomic E-state index is 13.0. The van der Waals surface area contributed by atoms with E-state index in [9.17, 15) is 4.79 Å². The Hall–Kier alpha value is -3.84. The molecule has 0 N–H and O–H groups in total. The molecule has 0 saturated carbocycles. The summed E-state index contributed by atoms with van der Waals surface area (Å²) in [4.78, 5) is 21.8. The van der Waals surface area contributed by atoms with E-state index in [-0.39, 0.29) is 5.91 Å². The van der Waals surface area contributed by atoms with E-state index in [2.05, 4.69) is 44.8 Å². The topological polar surface area (TPSA) is 59.8 Å². The second kappa shape index (κ2) is 11.5. The van der Waals surface area contributed by atoms with Crippen LogP contribution in [0, 0.1) is 0 Å². The summed E-state index contributed by atoms with van der Waals surface area (Å²) in [6.07, 6.45) is 8.47. The number of likely N-dealkylation sites (tertiary alicyclic amines) is 2. The van der Waals surface area contributed by atoms with Crippen LogP contribution in [0.4, 0.5) is 0 Å². The molecule has 202 valence electrons. The normalized spacial score (nSPS) is 15.8. The smallest absolute Gasteiger partial charge is 0.257 e. The number of nitrogens with zero attached hydrogens (tertiary/aromatic N) is 4. The van der Waals surface area contributed by atoms with Crippen LogP contribution in [0.25, 0.3) is 22.2 Å². The molecule has 7 heteroatoms. The Morgan fingerprint density at radius 3 is 2.46 bits per heavy atom. The summed E-state index contributed by atoms with van der Waals surface area (Å²) in [5.41, 5.74) is 4.98. The first kappa shape index (κ1) is 25.4. The minimum Gasteiger partial charge on any atom is -0.496 e. The molecule has 2 fully saturated rings. The number of benzene rings is 2. The van der Waals surface area contributed by atoms with Gasteiger partial charge in [-0.15, -0.1) is 0 Å². The van der Waals surface area contributed by atoms with Gasteiger partial charge in [0.05, 0.1) is 24.4 Å². The molecular formula is C32H36N4O3. The van der Waals surface area contributed by atoms with Crippen molar-refractivity contribution in [1.82, 2.24) is 19.4 Å². The summed E-state index contributed by atoms with van der Waals surface area (Å²) in [6.45, 7) is 6.33. The fourth-order valence-corrected chi connectivity index (χ4v) is 5.81. The van der Waals surface area contributed by atoms with Crippen molar-refractivity contribution in [3.8, 4) is 22.8 Å². The molecule has 1 amide bonds. The van der Waals surface area contributed by atoms with Gasteiger partial charge >= 0.3 is 0 Å². The minimum atomic E-state index is 0.0509. The highest BCUT2D eigenvalue weighted by Crippen LogP contribution is 2.31. The summed E-state index contributed by atoms with van der Waals surface area (Å²) in [6, 6.07) is 18.6. The van der Waals surface area contributed by atoms with Crippen LogP contribution < -0.4 is 9.47 Å². The molecule has 2 aromatic carbocycles. The lowest BCUT2D eigenvalue weighted by Gasteiger charge is -2.18. The highest BCUT2D eigenvalue weighted by atomic mass is 16.5. The first-order valence-corrected chi connectivity index (χ1v) is 14.0. The molecule has 0 radical (unpaired) electrons. The van der Waals surface area contributed by atoms with Crippen LogP contribution in [0.2, 0.25) is 0 Å². The molecule has 39 heavy (non-hydrogen) atoms. The number of pyridine rings is 1. The van der Waals surface area contributed by atoms with E-state index in [1.165, 1.54) is 25.9 Å². The largest absolute Gasteiger partial charge is 0.496 e. The van der Waals surface area contributed by atoms with Crippen LogP contribution in [0.1, 0.15) is 41.6 Å². The Kier molecular flexibility index (Phi) is 7.50. The Morgan fingerprint density at radius 2 is 1.69 bits per heavy atom. The predicted molar refractivity (Wildman–Crippen MR) is 154 cm³/mol. The first-order valence-electron chi connectivity index (χ1n) is 14.0. The van der Waals surface area contributed by atoms with Crippen molar-refractivity contribution in [3.63, 3.8) is 0 Å². The quantitative estimate of drug-likeness (QED) is 0.291. The van der Waals surface area contributed by atoms with Crippen LogP contribution >= 0.6 is 0 Å². The number of carbonyl (C=O) groups excluding carboxylic acids is 1. The van der Waals surface area contributed by atoms with Gasteiger partial charge in [0.15, 0.2) is 0 Å². The molecule has 0 atom stereocenters. The number of carbonyl (C=O) groups is 1. The lowest BCUT2D eigenvalue weighted by Crippen LogP contribution is -2.28. The maximum Gasteiger partial charge on any atom is 0.257 e. The van der Waals surface area contributed by atoms with Crippen molar-refractivity contribution in [2.45, 2.75) is 32.2 Å². The number of hydrogen-bond donors (Lipinski definition) is 0. The van der Waals surface area contributed by atoms with Crippen molar-refractivity contribution in [2.24, 2.45) is 0 Å². The Morgan fingerprint density at radius 1 is 0.923 bits per heavy atom. The molecule has 2 aromatic heterocycles. The molecule has 4 heterocycles. The molecule has 2 saturated heterocycles. The highest BCUT2D eigenvalue weighted by Gasteiger charge is 2.23. The molecule has 0 bridgehead atoms. The third-order valence-electron chi connectivity index (χ3n) is 7.96. The predicted octanol–water partition coefficient (Wildman–Crippen LogP) is 5.47. The van der Waals surface area contributed by atoms with E-state index in [0.717, 1.165) is 65.9 Å². The summed E-state index contributed by atoms with van der Waals surface area (Å²) in [7, 11) is 1.63. The van der Waals surface area contributed by atoms with Gasteiger partial charge in [-0.05, 0) is 98.4 Å². The van der Waals surface area contributed by atoms with Crippen molar-refractivity contribution < 1.29 is 14.3 Å². The number of hydrogen-bond acceptors (Lipinski definition) is 5. The van der Waals surface area contributed by atoms with Gasteiger partial charge in [-0.25, -0.2) is 0 Å². The van der Waals surface area contributed by atoms with Crippen LogP contribution in [0.15, 0.2) is 67.0 Å². The van der Waals surface area contributed by atoms with Crippen molar-refractivity contribution in [1.29, 1.82) is 0 Å². The van der Waals surface area contributed by atoms with Gasteiger partial charge < -0.3 is 18.9 Å². The number of rotatable bonds is 9. The van der Waals surface area contributed by atoms with E-state index >= 15 is 0 Å². The Balaban J connectivity index is 1.24. The van der Waals surface area contributed by atoms with E-state index in [0.29, 0.717) is 24.5 Å². The van der Waals surface area contributed by atoms with Gasteiger partial charge in [0.1, 0.15) is 18.1 Å². The lowest BCUT2D eigenvalue weighted by atomic mass is 10.1.